The molecule has 7 nitrogen and oxygen atoms in total. The number of nitrogens with one attached hydrogen (secondary N) is 1. The summed E-state index contributed by atoms with van der Waals surface area (Å²) in [5.74, 6) is -0.0128. The van der Waals surface area contributed by atoms with Crippen LogP contribution in [-0.4, -0.2) is 32.8 Å². The number of carbonyl (C=O) groups is 1. The van der Waals surface area contributed by atoms with Gasteiger partial charge in [-0.2, -0.15) is 0 Å². The molecule has 1 N–H and O–H groups in total. The number of halogens is 1. The summed E-state index contributed by atoms with van der Waals surface area (Å²) >= 11 is 0. The van der Waals surface area contributed by atoms with E-state index in [9.17, 15) is 14.0 Å². The van der Waals surface area contributed by atoms with Gasteiger partial charge in [0.2, 0.25) is 0 Å². The fourth-order valence-electron chi connectivity index (χ4n) is 3.79. The number of amides is 1. The van der Waals surface area contributed by atoms with Crippen molar-refractivity contribution in [3.8, 4) is 11.4 Å². The summed E-state index contributed by atoms with van der Waals surface area (Å²) in [7, 11) is 0. The van der Waals surface area contributed by atoms with Crippen LogP contribution in [0.5, 0.6) is 0 Å². The highest BCUT2D eigenvalue weighted by molar-refractivity contribution is 5.68. The van der Waals surface area contributed by atoms with Crippen LogP contribution in [-0.2, 0) is 24.2 Å². The minimum absolute atomic E-state index is 0.173. The van der Waals surface area contributed by atoms with E-state index in [1.165, 1.54) is 16.8 Å². The largest absolute Gasteiger partial charge is 0.444 e. The second kappa shape index (κ2) is 9.29. The summed E-state index contributed by atoms with van der Waals surface area (Å²) in [5.41, 5.74) is 6.18. The molecule has 34 heavy (non-hydrogen) atoms. The highest BCUT2D eigenvalue weighted by Crippen LogP contribution is 2.22. The molecule has 0 atom stereocenters. The third-order valence-corrected chi connectivity index (χ3v) is 5.55. The Hall–Kier alpha value is -3.68. The van der Waals surface area contributed by atoms with Crippen LogP contribution in [0, 0.1) is 12.7 Å². The van der Waals surface area contributed by atoms with E-state index in [0.29, 0.717) is 42.2 Å². The van der Waals surface area contributed by atoms with Crippen molar-refractivity contribution in [2.24, 2.45) is 0 Å². The molecule has 1 aliphatic heterocycles. The van der Waals surface area contributed by atoms with Gasteiger partial charge < -0.3 is 15.1 Å². The minimum Gasteiger partial charge on any atom is -0.444 e. The number of aryl methyl sites for hydroxylation is 1. The van der Waals surface area contributed by atoms with Crippen LogP contribution in [0.4, 0.5) is 9.18 Å². The van der Waals surface area contributed by atoms with Crippen molar-refractivity contribution in [2.45, 2.75) is 52.8 Å². The Morgan fingerprint density at radius 1 is 1.12 bits per heavy atom. The molecule has 0 unspecified atom stereocenters. The van der Waals surface area contributed by atoms with Crippen LogP contribution < -0.4 is 11.0 Å². The normalized spacial score (nSPS) is 13.4. The Bertz CT molecular complexity index is 1250. The Balaban J connectivity index is 1.70. The predicted octanol–water partition coefficient (Wildman–Crippen LogP) is 4.39. The molecule has 0 fully saturated rings. The first-order valence-corrected chi connectivity index (χ1v) is 11.3. The maximum atomic E-state index is 13.6. The first-order valence-electron chi connectivity index (χ1n) is 11.3. The summed E-state index contributed by atoms with van der Waals surface area (Å²) in [6.45, 7) is 8.41. The van der Waals surface area contributed by atoms with E-state index in [1.807, 2.05) is 52.0 Å². The van der Waals surface area contributed by atoms with E-state index < -0.39 is 11.7 Å². The van der Waals surface area contributed by atoms with Gasteiger partial charge in [0.05, 0.1) is 18.8 Å². The van der Waals surface area contributed by atoms with Gasteiger partial charge in [-0.1, -0.05) is 29.8 Å². The van der Waals surface area contributed by atoms with Crippen LogP contribution in [0.1, 0.15) is 43.2 Å². The molecular weight excluding hydrogens is 435 g/mol. The molecular formula is C26H29FN4O3. The van der Waals surface area contributed by atoms with Crippen LogP contribution in [0.2, 0.25) is 0 Å². The van der Waals surface area contributed by atoms with Crippen molar-refractivity contribution in [1.82, 2.24) is 14.6 Å². The number of fused-ring (bicyclic) bond motifs is 1. The van der Waals surface area contributed by atoms with Crippen molar-refractivity contribution >= 4 is 6.09 Å². The summed E-state index contributed by atoms with van der Waals surface area (Å²) in [5, 5.41) is 0. The second-order valence-corrected chi connectivity index (χ2v) is 9.48. The van der Waals surface area contributed by atoms with Gasteiger partial charge in [0, 0.05) is 17.7 Å². The molecule has 0 spiro atoms. The smallest absolute Gasteiger partial charge is 0.410 e. The van der Waals surface area contributed by atoms with Crippen molar-refractivity contribution in [3.63, 3.8) is 0 Å². The van der Waals surface area contributed by atoms with Gasteiger partial charge in [0.15, 0.2) is 5.82 Å². The van der Waals surface area contributed by atoms with Gasteiger partial charge in [-0.3, -0.25) is 4.79 Å². The molecule has 1 amide bonds. The topological polar surface area (TPSA) is 76.5 Å². The molecule has 0 radical (unpaired) electrons. The zero-order valence-corrected chi connectivity index (χ0v) is 19.9. The maximum absolute atomic E-state index is 13.6. The molecule has 2 aromatic carbocycles. The van der Waals surface area contributed by atoms with Gasteiger partial charge in [-0.05, 0) is 63.9 Å². The average Bonchev–Trinajstić information content (AvgIpc) is 2.78. The molecule has 0 aliphatic carbocycles. The lowest BCUT2D eigenvalue weighted by Gasteiger charge is -2.31. The number of carbonyl (C=O) groups excluding carboxylic acids is 1. The summed E-state index contributed by atoms with van der Waals surface area (Å²) in [6, 6.07) is 13.8. The van der Waals surface area contributed by atoms with Crippen molar-refractivity contribution in [1.29, 1.82) is 0 Å². The Morgan fingerprint density at radius 2 is 1.79 bits per heavy atom. The molecule has 3 aromatic rings. The van der Waals surface area contributed by atoms with E-state index in [1.54, 1.807) is 17.0 Å². The van der Waals surface area contributed by atoms with E-state index >= 15 is 0 Å². The van der Waals surface area contributed by atoms with Crippen LogP contribution in [0.3, 0.4) is 0 Å². The number of benzene rings is 2. The highest BCUT2D eigenvalue weighted by atomic mass is 19.1. The number of hydrogen-bond donors (Lipinski definition) is 1. The quantitative estimate of drug-likeness (QED) is 0.620. The molecule has 0 saturated carbocycles. The number of nitrogens with zero attached hydrogens (tertiary/aromatic N) is 3. The van der Waals surface area contributed by atoms with Gasteiger partial charge >= 0.3 is 6.09 Å². The predicted molar refractivity (Wildman–Crippen MR) is 128 cm³/mol. The van der Waals surface area contributed by atoms with E-state index in [-0.39, 0.29) is 17.9 Å². The number of ether oxygens (including phenoxy) is 1. The molecule has 0 saturated heterocycles. The Labute approximate surface area is 198 Å². The van der Waals surface area contributed by atoms with Gasteiger partial charge in [-0.15, -0.1) is 0 Å². The zero-order valence-electron chi connectivity index (χ0n) is 19.9. The van der Waals surface area contributed by atoms with Gasteiger partial charge in [0.1, 0.15) is 11.4 Å². The average molecular weight is 465 g/mol. The van der Waals surface area contributed by atoms with Crippen molar-refractivity contribution in [2.75, 3.05) is 12.0 Å². The molecule has 4 rings (SSSR count). The van der Waals surface area contributed by atoms with E-state index in [4.69, 9.17) is 9.72 Å². The first kappa shape index (κ1) is 23.5. The molecule has 0 bridgehead atoms. The fraction of sp³-hybridized carbons (Fsp3) is 0.346. The lowest BCUT2D eigenvalue weighted by Crippen LogP contribution is -2.44. The van der Waals surface area contributed by atoms with Crippen molar-refractivity contribution in [3.05, 3.63) is 87.1 Å². The van der Waals surface area contributed by atoms with E-state index in [2.05, 4.69) is 5.43 Å². The number of aromatic nitrogens is 2. The summed E-state index contributed by atoms with van der Waals surface area (Å²) in [4.78, 5) is 32.4. The lowest BCUT2D eigenvalue weighted by molar-refractivity contribution is 0.0220. The fourth-order valence-corrected chi connectivity index (χ4v) is 3.79. The molecule has 178 valence electrons. The molecule has 1 aromatic heterocycles. The van der Waals surface area contributed by atoms with Crippen LogP contribution in [0.15, 0.2) is 53.3 Å². The Kier molecular flexibility index (Phi) is 6.41. The van der Waals surface area contributed by atoms with Crippen LogP contribution in [0.25, 0.3) is 11.4 Å². The standard InChI is InChI=1S/C26H29FN4O3/c1-17-5-7-18(8-6-17)15-28-31-23(19-9-11-20(27)12-10-19)29-22-16-30(14-13-21(22)24(31)32)25(33)34-26(2,3)4/h5-12,28H,13-16H2,1-4H3. The maximum Gasteiger partial charge on any atom is 0.410 e. The first-order chi connectivity index (χ1) is 16.1. The minimum atomic E-state index is -0.618. The number of rotatable bonds is 4. The van der Waals surface area contributed by atoms with Crippen molar-refractivity contribution < 1.29 is 13.9 Å². The highest BCUT2D eigenvalue weighted by Gasteiger charge is 2.29. The molecule has 1 aliphatic rings. The third-order valence-electron chi connectivity index (χ3n) is 5.55. The van der Waals surface area contributed by atoms with Gasteiger partial charge in [-0.25, -0.2) is 18.8 Å². The summed E-state index contributed by atoms with van der Waals surface area (Å²) in [6.07, 6.45) is -0.0685. The molecule has 2 heterocycles. The monoisotopic (exact) mass is 464 g/mol. The third kappa shape index (κ3) is 5.27. The summed E-state index contributed by atoms with van der Waals surface area (Å²) < 4.78 is 20.5. The van der Waals surface area contributed by atoms with Crippen LogP contribution >= 0.6 is 0 Å². The molecule has 8 heteroatoms. The lowest BCUT2D eigenvalue weighted by atomic mass is 10.1. The van der Waals surface area contributed by atoms with E-state index in [0.717, 1.165) is 11.1 Å². The number of hydrogen-bond acceptors (Lipinski definition) is 5. The second-order valence-electron chi connectivity index (χ2n) is 9.48. The SMILES string of the molecule is Cc1ccc(CNn2c(-c3ccc(F)cc3)nc3c(c2=O)CCN(C(=O)OC(C)(C)C)C3)cc1. The Morgan fingerprint density at radius 3 is 2.44 bits per heavy atom. The zero-order chi connectivity index (χ0) is 24.5. The van der Waals surface area contributed by atoms with Gasteiger partial charge in [0.25, 0.3) is 5.56 Å².